The van der Waals surface area contributed by atoms with Crippen molar-refractivity contribution in [2.24, 2.45) is 7.05 Å². The number of aromatic nitrogens is 2. The van der Waals surface area contributed by atoms with Gasteiger partial charge in [0.1, 0.15) is 6.04 Å². The summed E-state index contributed by atoms with van der Waals surface area (Å²) in [7, 11) is 1.68. The minimum absolute atomic E-state index is 0.0417. The van der Waals surface area contributed by atoms with Crippen molar-refractivity contribution in [1.29, 1.82) is 0 Å². The number of hydrogen-bond acceptors (Lipinski definition) is 2. The Kier molecular flexibility index (Phi) is 4.04. The number of rotatable bonds is 1. The highest BCUT2D eigenvalue weighted by Crippen LogP contribution is 2.32. The summed E-state index contributed by atoms with van der Waals surface area (Å²) in [6.07, 6.45) is -2.68. The summed E-state index contributed by atoms with van der Waals surface area (Å²) >= 11 is 0. The summed E-state index contributed by atoms with van der Waals surface area (Å²) in [6.45, 7) is 0.119. The van der Waals surface area contributed by atoms with Gasteiger partial charge in [-0.15, -0.1) is 0 Å². The molecule has 0 spiro atoms. The Hall–Kier alpha value is -2.05. The Balaban J connectivity index is 2.02. The maximum absolute atomic E-state index is 13.3. The highest BCUT2D eigenvalue weighted by atomic mass is 19.4. The van der Waals surface area contributed by atoms with Gasteiger partial charge in [0.15, 0.2) is 5.69 Å². The van der Waals surface area contributed by atoms with Crippen molar-refractivity contribution in [1.82, 2.24) is 14.7 Å². The molecule has 1 aromatic heterocycles. The fourth-order valence-electron chi connectivity index (χ4n) is 3.20. The molecule has 124 valence electrons. The molecular formula is C16H18F3N3O. The second-order valence-corrected chi connectivity index (χ2v) is 5.89. The summed E-state index contributed by atoms with van der Waals surface area (Å²) in [4.78, 5) is 13.7. The first-order valence-electron chi connectivity index (χ1n) is 7.69. The van der Waals surface area contributed by atoms with Crippen LogP contribution in [0.5, 0.6) is 0 Å². The number of likely N-dealkylation sites (tertiary alicyclic amines) is 1. The largest absolute Gasteiger partial charge is 0.408 e. The third kappa shape index (κ3) is 2.92. The van der Waals surface area contributed by atoms with Crippen molar-refractivity contribution >= 4 is 16.8 Å². The normalized spacial score (nSPS) is 19.8. The van der Waals surface area contributed by atoms with Crippen LogP contribution in [0.25, 0.3) is 10.9 Å². The fraction of sp³-hybridized carbons (Fsp3) is 0.500. The second-order valence-electron chi connectivity index (χ2n) is 5.89. The van der Waals surface area contributed by atoms with Crippen molar-refractivity contribution in [2.45, 2.75) is 37.9 Å². The quantitative estimate of drug-likeness (QED) is 0.804. The van der Waals surface area contributed by atoms with Crippen molar-refractivity contribution in [3.05, 3.63) is 30.0 Å². The Morgan fingerprint density at radius 2 is 1.96 bits per heavy atom. The van der Waals surface area contributed by atoms with E-state index in [2.05, 4.69) is 5.10 Å². The molecule has 4 nitrogen and oxygen atoms in total. The highest BCUT2D eigenvalue weighted by Gasteiger charge is 2.46. The minimum Gasteiger partial charge on any atom is -0.325 e. The predicted octanol–water partition coefficient (Wildman–Crippen LogP) is 3.52. The molecule has 1 fully saturated rings. The molecule has 1 aliphatic heterocycles. The molecule has 1 amide bonds. The number of fused-ring (bicyclic) bond motifs is 1. The third-order valence-corrected chi connectivity index (χ3v) is 4.35. The van der Waals surface area contributed by atoms with Gasteiger partial charge in [0.05, 0.1) is 5.52 Å². The number of amides is 1. The molecule has 1 aromatic carbocycles. The first-order valence-corrected chi connectivity index (χ1v) is 7.69. The Morgan fingerprint density at radius 1 is 1.22 bits per heavy atom. The van der Waals surface area contributed by atoms with Gasteiger partial charge >= 0.3 is 6.18 Å². The van der Waals surface area contributed by atoms with Gasteiger partial charge in [-0.25, -0.2) is 0 Å². The van der Waals surface area contributed by atoms with Gasteiger partial charge in [-0.2, -0.15) is 18.3 Å². The van der Waals surface area contributed by atoms with Crippen LogP contribution >= 0.6 is 0 Å². The van der Waals surface area contributed by atoms with Crippen LogP contribution in [-0.4, -0.2) is 39.4 Å². The minimum atomic E-state index is -4.41. The van der Waals surface area contributed by atoms with Crippen molar-refractivity contribution < 1.29 is 18.0 Å². The van der Waals surface area contributed by atoms with Gasteiger partial charge in [-0.1, -0.05) is 31.0 Å². The van der Waals surface area contributed by atoms with Crippen LogP contribution in [0.2, 0.25) is 0 Å². The van der Waals surface area contributed by atoms with Gasteiger partial charge in [0, 0.05) is 19.0 Å². The van der Waals surface area contributed by atoms with E-state index < -0.39 is 18.1 Å². The van der Waals surface area contributed by atoms with Crippen molar-refractivity contribution in [3.8, 4) is 0 Å². The number of para-hydroxylation sites is 1. The van der Waals surface area contributed by atoms with Crippen LogP contribution in [0.3, 0.4) is 0 Å². The predicted molar refractivity (Wildman–Crippen MR) is 80.1 cm³/mol. The van der Waals surface area contributed by atoms with E-state index in [9.17, 15) is 18.0 Å². The summed E-state index contributed by atoms with van der Waals surface area (Å²) in [5.74, 6) is -0.633. The Labute approximate surface area is 131 Å². The summed E-state index contributed by atoms with van der Waals surface area (Å²) in [6, 6.07) is 5.35. The van der Waals surface area contributed by atoms with E-state index in [0.717, 1.165) is 10.4 Å². The van der Waals surface area contributed by atoms with Crippen LogP contribution in [-0.2, 0) is 7.05 Å². The van der Waals surface area contributed by atoms with Crippen LogP contribution in [0.1, 0.15) is 36.2 Å². The lowest BCUT2D eigenvalue weighted by atomic mass is 10.1. The average molecular weight is 325 g/mol. The van der Waals surface area contributed by atoms with Crippen LogP contribution in [0, 0.1) is 0 Å². The molecule has 7 heteroatoms. The number of aryl methyl sites for hydroxylation is 1. The average Bonchev–Trinajstić information content (AvgIpc) is 2.70. The zero-order valence-corrected chi connectivity index (χ0v) is 12.8. The van der Waals surface area contributed by atoms with Gasteiger partial charge in [0.2, 0.25) is 0 Å². The van der Waals surface area contributed by atoms with E-state index in [-0.39, 0.29) is 18.7 Å². The number of halogens is 3. The molecule has 1 saturated heterocycles. The Morgan fingerprint density at radius 3 is 2.70 bits per heavy atom. The van der Waals surface area contributed by atoms with E-state index in [1.165, 1.54) is 4.68 Å². The van der Waals surface area contributed by atoms with E-state index in [4.69, 9.17) is 0 Å². The molecule has 0 radical (unpaired) electrons. The zero-order chi connectivity index (χ0) is 16.6. The Bertz CT molecular complexity index is 723. The number of hydrogen-bond donors (Lipinski definition) is 0. The monoisotopic (exact) mass is 325 g/mol. The molecule has 23 heavy (non-hydrogen) atoms. The standard InChI is InChI=1S/C16H18F3N3O/c1-21-12-8-5-4-7-11(12)14(20-21)15(23)22-10-6-2-3-9-13(22)16(17,18)19/h4-5,7-8,13H,2-3,6,9-10H2,1H3. The van der Waals surface area contributed by atoms with Crippen LogP contribution in [0.4, 0.5) is 13.2 Å². The molecule has 1 unspecified atom stereocenters. The van der Waals surface area contributed by atoms with E-state index in [1.807, 2.05) is 6.07 Å². The molecule has 2 heterocycles. The lowest BCUT2D eigenvalue weighted by Crippen LogP contribution is -2.48. The number of nitrogens with zero attached hydrogens (tertiary/aromatic N) is 3. The summed E-state index contributed by atoms with van der Waals surface area (Å²) < 4.78 is 41.6. The van der Waals surface area contributed by atoms with E-state index in [1.54, 1.807) is 25.2 Å². The smallest absolute Gasteiger partial charge is 0.325 e. The van der Waals surface area contributed by atoms with Gasteiger partial charge in [-0.05, 0) is 18.9 Å². The highest BCUT2D eigenvalue weighted by molar-refractivity contribution is 6.05. The van der Waals surface area contributed by atoms with Gasteiger partial charge in [-0.3, -0.25) is 9.48 Å². The summed E-state index contributed by atoms with van der Waals surface area (Å²) in [5.41, 5.74) is 0.827. The maximum Gasteiger partial charge on any atom is 0.408 e. The van der Waals surface area contributed by atoms with Crippen molar-refractivity contribution in [3.63, 3.8) is 0 Å². The number of carbonyl (C=O) groups excluding carboxylic acids is 1. The first kappa shape index (κ1) is 15.8. The lowest BCUT2D eigenvalue weighted by molar-refractivity contribution is -0.177. The first-order chi connectivity index (χ1) is 10.9. The summed E-state index contributed by atoms with van der Waals surface area (Å²) in [5, 5.41) is 4.76. The number of benzene rings is 1. The zero-order valence-electron chi connectivity index (χ0n) is 12.8. The number of alkyl halides is 3. The molecule has 0 bridgehead atoms. The third-order valence-electron chi connectivity index (χ3n) is 4.35. The molecule has 0 N–H and O–H groups in total. The topological polar surface area (TPSA) is 38.1 Å². The molecule has 3 rings (SSSR count). The van der Waals surface area contributed by atoms with Crippen molar-refractivity contribution in [2.75, 3.05) is 6.54 Å². The van der Waals surface area contributed by atoms with Gasteiger partial charge < -0.3 is 4.90 Å². The second kappa shape index (κ2) is 5.86. The molecule has 1 atom stereocenters. The fourth-order valence-corrected chi connectivity index (χ4v) is 3.20. The van der Waals surface area contributed by atoms with Gasteiger partial charge in [0.25, 0.3) is 5.91 Å². The lowest BCUT2D eigenvalue weighted by Gasteiger charge is -2.31. The molecule has 1 aliphatic rings. The van der Waals surface area contributed by atoms with Crippen LogP contribution < -0.4 is 0 Å². The molecule has 2 aromatic rings. The number of carbonyl (C=O) groups is 1. The molecule has 0 saturated carbocycles. The van der Waals surface area contributed by atoms with Crippen LogP contribution in [0.15, 0.2) is 24.3 Å². The molecular weight excluding hydrogens is 307 g/mol. The SMILES string of the molecule is Cn1nc(C(=O)N2CCCCCC2C(F)(F)F)c2ccccc21. The molecule has 0 aliphatic carbocycles. The van der Waals surface area contributed by atoms with E-state index in [0.29, 0.717) is 24.6 Å². The maximum atomic E-state index is 13.3. The van der Waals surface area contributed by atoms with E-state index >= 15 is 0 Å².